The van der Waals surface area contributed by atoms with Gasteiger partial charge in [0.05, 0.1) is 6.54 Å². The predicted octanol–water partition coefficient (Wildman–Crippen LogP) is -0.916. The number of rotatable bonds is 0. The van der Waals surface area contributed by atoms with Crippen LogP contribution in [0.2, 0.25) is 0 Å². The van der Waals surface area contributed by atoms with Gasteiger partial charge in [0.2, 0.25) is 0 Å². The maximum absolute atomic E-state index is 11.9. The van der Waals surface area contributed by atoms with Crippen LogP contribution in [0.4, 0.5) is 13.2 Å². The summed E-state index contributed by atoms with van der Waals surface area (Å²) >= 11 is 0. The normalized spacial score (nSPS) is 28.5. The van der Waals surface area contributed by atoms with Crippen molar-refractivity contribution in [3.63, 3.8) is 0 Å². The summed E-state index contributed by atoms with van der Waals surface area (Å²) in [5.74, 6) is 0. The highest BCUT2D eigenvalue weighted by Crippen LogP contribution is 2.19. The van der Waals surface area contributed by atoms with Gasteiger partial charge < -0.3 is 5.32 Å². The Bertz CT molecular complexity index is 106. The SMILES string of the molecule is FC(F)(F)[C@H]1C[NH2+]CCN1. The zero-order valence-corrected chi connectivity index (χ0v) is 5.41. The van der Waals surface area contributed by atoms with Gasteiger partial charge >= 0.3 is 6.18 Å². The van der Waals surface area contributed by atoms with Crippen molar-refractivity contribution in [1.29, 1.82) is 0 Å². The van der Waals surface area contributed by atoms with E-state index in [0.717, 1.165) is 6.54 Å². The van der Waals surface area contributed by atoms with Crippen molar-refractivity contribution >= 4 is 0 Å². The van der Waals surface area contributed by atoms with Gasteiger partial charge in [-0.05, 0) is 0 Å². The van der Waals surface area contributed by atoms with E-state index in [0.29, 0.717) is 6.54 Å². The Morgan fingerprint density at radius 2 is 2.10 bits per heavy atom. The fourth-order valence-corrected chi connectivity index (χ4v) is 0.977. The van der Waals surface area contributed by atoms with E-state index in [2.05, 4.69) is 5.32 Å². The molecule has 0 aromatic heterocycles. The molecule has 3 N–H and O–H groups in total. The van der Waals surface area contributed by atoms with Crippen LogP contribution in [-0.4, -0.2) is 31.9 Å². The van der Waals surface area contributed by atoms with Gasteiger partial charge in [-0.3, -0.25) is 5.32 Å². The van der Waals surface area contributed by atoms with E-state index in [1.807, 2.05) is 0 Å². The lowest BCUT2D eigenvalue weighted by Crippen LogP contribution is -2.92. The number of hydrogen-bond donors (Lipinski definition) is 2. The average molecular weight is 155 g/mol. The lowest BCUT2D eigenvalue weighted by molar-refractivity contribution is -0.666. The van der Waals surface area contributed by atoms with E-state index < -0.39 is 12.2 Å². The van der Waals surface area contributed by atoms with Crippen molar-refractivity contribution < 1.29 is 18.5 Å². The first-order valence-electron chi connectivity index (χ1n) is 3.22. The average Bonchev–Trinajstić information content (AvgIpc) is 1.88. The lowest BCUT2D eigenvalue weighted by atomic mass is 10.2. The molecule has 1 fully saturated rings. The molecule has 1 heterocycles. The standard InChI is InChI=1S/C5H9F3N2/c6-5(7,8)4-3-9-1-2-10-4/h4,9-10H,1-3H2/p+1/t4-/m1/s1. The first kappa shape index (κ1) is 7.81. The van der Waals surface area contributed by atoms with Gasteiger partial charge in [-0.15, -0.1) is 0 Å². The predicted molar refractivity (Wildman–Crippen MR) is 29.5 cm³/mol. The summed E-state index contributed by atoms with van der Waals surface area (Å²) in [7, 11) is 0. The summed E-state index contributed by atoms with van der Waals surface area (Å²) in [5, 5.41) is 4.08. The quantitative estimate of drug-likeness (QED) is 0.465. The van der Waals surface area contributed by atoms with Crippen molar-refractivity contribution in [2.75, 3.05) is 19.6 Å². The molecule has 1 saturated heterocycles. The van der Waals surface area contributed by atoms with Gasteiger partial charge in [-0.1, -0.05) is 0 Å². The van der Waals surface area contributed by atoms with Crippen LogP contribution < -0.4 is 10.6 Å². The number of nitrogens with two attached hydrogens (primary N) is 1. The molecule has 0 unspecified atom stereocenters. The molecular formula is C5H10F3N2+. The van der Waals surface area contributed by atoms with E-state index in [9.17, 15) is 13.2 Å². The van der Waals surface area contributed by atoms with Gasteiger partial charge in [0.15, 0.2) is 6.04 Å². The Morgan fingerprint density at radius 1 is 1.40 bits per heavy atom. The van der Waals surface area contributed by atoms with Crippen molar-refractivity contribution in [1.82, 2.24) is 5.32 Å². The zero-order valence-electron chi connectivity index (χ0n) is 5.41. The van der Waals surface area contributed by atoms with Crippen molar-refractivity contribution in [3.8, 4) is 0 Å². The van der Waals surface area contributed by atoms with Gasteiger partial charge in [-0.25, -0.2) is 0 Å². The molecular weight excluding hydrogens is 145 g/mol. The number of hydrogen-bond acceptors (Lipinski definition) is 1. The van der Waals surface area contributed by atoms with E-state index >= 15 is 0 Å². The van der Waals surface area contributed by atoms with Gasteiger partial charge in [0.25, 0.3) is 0 Å². The third-order valence-corrected chi connectivity index (χ3v) is 1.54. The lowest BCUT2D eigenvalue weighted by Gasteiger charge is -2.23. The molecule has 0 spiro atoms. The fraction of sp³-hybridized carbons (Fsp3) is 1.00. The van der Waals surface area contributed by atoms with Crippen LogP contribution in [0, 0.1) is 0 Å². The molecule has 1 rings (SSSR count). The zero-order chi connectivity index (χ0) is 7.61. The molecule has 0 radical (unpaired) electrons. The van der Waals surface area contributed by atoms with Gasteiger partial charge in [0.1, 0.15) is 6.54 Å². The molecule has 2 nitrogen and oxygen atoms in total. The minimum absolute atomic E-state index is 0.115. The molecule has 5 heteroatoms. The second kappa shape index (κ2) is 2.75. The monoisotopic (exact) mass is 155 g/mol. The maximum atomic E-state index is 11.9. The number of quaternary nitrogens is 1. The molecule has 1 atom stereocenters. The molecule has 10 heavy (non-hydrogen) atoms. The van der Waals surface area contributed by atoms with E-state index in [4.69, 9.17) is 0 Å². The second-order valence-corrected chi connectivity index (χ2v) is 2.36. The van der Waals surface area contributed by atoms with Gasteiger partial charge in [0, 0.05) is 6.54 Å². The Morgan fingerprint density at radius 3 is 2.40 bits per heavy atom. The topological polar surface area (TPSA) is 28.6 Å². The Kier molecular flexibility index (Phi) is 2.15. The number of nitrogens with one attached hydrogen (secondary N) is 1. The third-order valence-electron chi connectivity index (χ3n) is 1.54. The van der Waals surface area contributed by atoms with E-state index in [-0.39, 0.29) is 6.54 Å². The Hall–Kier alpha value is -0.290. The van der Waals surface area contributed by atoms with Crippen LogP contribution in [0.25, 0.3) is 0 Å². The van der Waals surface area contributed by atoms with Crippen LogP contribution in [0.3, 0.4) is 0 Å². The molecule has 0 aliphatic carbocycles. The van der Waals surface area contributed by atoms with Crippen molar-refractivity contribution in [3.05, 3.63) is 0 Å². The van der Waals surface area contributed by atoms with Crippen molar-refractivity contribution in [2.45, 2.75) is 12.2 Å². The van der Waals surface area contributed by atoms with Crippen LogP contribution in [0.5, 0.6) is 0 Å². The number of piperazine rings is 1. The molecule has 0 saturated carbocycles. The molecule has 0 aromatic carbocycles. The number of halogens is 3. The molecule has 0 aromatic rings. The minimum Gasteiger partial charge on any atom is -0.344 e. The fourth-order valence-electron chi connectivity index (χ4n) is 0.977. The highest BCUT2D eigenvalue weighted by atomic mass is 19.4. The first-order valence-corrected chi connectivity index (χ1v) is 3.22. The maximum Gasteiger partial charge on any atom is 0.409 e. The van der Waals surface area contributed by atoms with Gasteiger partial charge in [-0.2, -0.15) is 13.2 Å². The Balaban J connectivity index is 2.39. The smallest absolute Gasteiger partial charge is 0.344 e. The van der Waals surface area contributed by atoms with E-state index in [1.54, 1.807) is 5.32 Å². The largest absolute Gasteiger partial charge is 0.409 e. The first-order chi connectivity index (χ1) is 4.61. The summed E-state index contributed by atoms with van der Waals surface area (Å²) in [4.78, 5) is 0. The molecule has 60 valence electrons. The number of alkyl halides is 3. The van der Waals surface area contributed by atoms with Crippen LogP contribution in [0.1, 0.15) is 0 Å². The van der Waals surface area contributed by atoms with Crippen molar-refractivity contribution in [2.24, 2.45) is 0 Å². The summed E-state index contributed by atoms with van der Waals surface area (Å²) in [6.07, 6.45) is -4.07. The summed E-state index contributed by atoms with van der Waals surface area (Å²) in [6.45, 7) is 1.31. The minimum atomic E-state index is -4.07. The summed E-state index contributed by atoms with van der Waals surface area (Å²) in [6, 6.07) is -1.30. The summed E-state index contributed by atoms with van der Waals surface area (Å²) in [5.41, 5.74) is 0. The molecule has 1 aliphatic heterocycles. The summed E-state index contributed by atoms with van der Waals surface area (Å²) < 4.78 is 35.6. The molecule has 0 bridgehead atoms. The third kappa shape index (κ3) is 1.85. The highest BCUT2D eigenvalue weighted by molar-refractivity contribution is 4.74. The van der Waals surface area contributed by atoms with Crippen LogP contribution >= 0.6 is 0 Å². The second-order valence-electron chi connectivity index (χ2n) is 2.36. The Labute approximate surface area is 56.8 Å². The van der Waals surface area contributed by atoms with E-state index in [1.165, 1.54) is 0 Å². The highest BCUT2D eigenvalue weighted by Gasteiger charge is 2.41. The van der Waals surface area contributed by atoms with Crippen LogP contribution in [0.15, 0.2) is 0 Å². The molecule has 0 amide bonds. The molecule has 1 aliphatic rings. The van der Waals surface area contributed by atoms with Crippen LogP contribution in [-0.2, 0) is 0 Å².